The molecule has 0 saturated carbocycles. The van der Waals surface area contributed by atoms with Gasteiger partial charge in [-0.1, -0.05) is 18.2 Å². The van der Waals surface area contributed by atoms with Crippen LogP contribution in [0.25, 0.3) is 10.1 Å². The molecule has 0 spiro atoms. The molecule has 2 N–H and O–H groups in total. The third kappa shape index (κ3) is 1.81. The molecule has 1 unspecified atom stereocenters. The van der Waals surface area contributed by atoms with Crippen LogP contribution >= 0.6 is 11.3 Å². The van der Waals surface area contributed by atoms with Gasteiger partial charge in [-0.3, -0.25) is 4.79 Å². The fourth-order valence-electron chi connectivity index (χ4n) is 1.65. The molecule has 4 heteroatoms. The number of likely N-dealkylation sites (N-methyl/N-ethyl adjacent to an activating group) is 1. The average molecular weight is 234 g/mol. The first-order valence-corrected chi connectivity index (χ1v) is 5.92. The Morgan fingerprint density at radius 3 is 2.75 bits per heavy atom. The number of hydrogen-bond acceptors (Lipinski definition) is 3. The molecule has 0 aliphatic rings. The van der Waals surface area contributed by atoms with E-state index in [0.29, 0.717) is 0 Å². The lowest BCUT2D eigenvalue weighted by Gasteiger charge is -2.16. The highest BCUT2D eigenvalue weighted by atomic mass is 32.1. The maximum atomic E-state index is 11.8. The van der Waals surface area contributed by atoms with E-state index in [9.17, 15) is 4.79 Å². The number of rotatable bonds is 2. The topological polar surface area (TPSA) is 46.3 Å². The Morgan fingerprint density at radius 2 is 2.06 bits per heavy atom. The number of hydrogen-bond donors (Lipinski definition) is 1. The second kappa shape index (κ2) is 4.23. The number of benzene rings is 1. The lowest BCUT2D eigenvalue weighted by atomic mass is 10.1. The van der Waals surface area contributed by atoms with Crippen LogP contribution in [0, 0.1) is 0 Å². The van der Waals surface area contributed by atoms with Gasteiger partial charge in [0.25, 0.3) is 0 Å². The summed E-state index contributed by atoms with van der Waals surface area (Å²) in [5.41, 5.74) is 6.88. The second-order valence-electron chi connectivity index (χ2n) is 3.90. The number of nitrogens with two attached hydrogens (primary N) is 1. The van der Waals surface area contributed by atoms with E-state index >= 15 is 0 Å². The predicted molar refractivity (Wildman–Crippen MR) is 67.4 cm³/mol. The highest BCUT2D eigenvalue weighted by Crippen LogP contribution is 2.29. The monoisotopic (exact) mass is 234 g/mol. The Kier molecular flexibility index (Phi) is 2.94. The molecule has 2 aromatic rings. The molecule has 1 aromatic carbocycles. The zero-order valence-electron chi connectivity index (χ0n) is 9.31. The van der Waals surface area contributed by atoms with Gasteiger partial charge in [-0.05, 0) is 22.4 Å². The van der Waals surface area contributed by atoms with Crippen molar-refractivity contribution in [2.24, 2.45) is 5.73 Å². The van der Waals surface area contributed by atoms with Crippen LogP contribution in [-0.4, -0.2) is 24.9 Å². The van der Waals surface area contributed by atoms with E-state index in [1.165, 1.54) is 9.60 Å². The van der Waals surface area contributed by atoms with Gasteiger partial charge in [-0.25, -0.2) is 0 Å². The number of nitrogens with zero attached hydrogens (tertiary/aromatic N) is 1. The third-order valence-electron chi connectivity index (χ3n) is 2.55. The van der Waals surface area contributed by atoms with Gasteiger partial charge >= 0.3 is 0 Å². The first-order chi connectivity index (χ1) is 7.61. The molecule has 1 aromatic heterocycles. The SMILES string of the molecule is CN(C)C(=O)C(N)c1csc2ccccc12. The number of carbonyl (C=O) groups is 1. The number of amides is 1. The standard InChI is InChI=1S/C12H14N2OS/c1-14(2)12(15)11(13)9-7-16-10-6-4-3-5-8(9)10/h3-7,11H,13H2,1-2H3. The summed E-state index contributed by atoms with van der Waals surface area (Å²) in [6.45, 7) is 0. The van der Waals surface area contributed by atoms with Crippen LogP contribution in [0.4, 0.5) is 0 Å². The normalized spacial score (nSPS) is 12.7. The smallest absolute Gasteiger partial charge is 0.243 e. The van der Waals surface area contributed by atoms with E-state index in [-0.39, 0.29) is 5.91 Å². The Bertz CT molecular complexity index is 518. The van der Waals surface area contributed by atoms with Crippen molar-refractivity contribution in [3.05, 3.63) is 35.2 Å². The molecular weight excluding hydrogens is 220 g/mol. The van der Waals surface area contributed by atoms with Crippen LogP contribution in [-0.2, 0) is 4.79 Å². The molecule has 0 radical (unpaired) electrons. The van der Waals surface area contributed by atoms with Crippen molar-refractivity contribution in [3.63, 3.8) is 0 Å². The summed E-state index contributed by atoms with van der Waals surface area (Å²) in [6.07, 6.45) is 0. The van der Waals surface area contributed by atoms with E-state index < -0.39 is 6.04 Å². The molecule has 0 aliphatic carbocycles. The summed E-state index contributed by atoms with van der Waals surface area (Å²) in [4.78, 5) is 13.3. The fourth-order valence-corrected chi connectivity index (χ4v) is 2.65. The van der Waals surface area contributed by atoms with Gasteiger partial charge in [-0.15, -0.1) is 11.3 Å². The van der Waals surface area contributed by atoms with Crippen molar-refractivity contribution >= 4 is 27.3 Å². The quantitative estimate of drug-likeness (QED) is 0.863. The molecule has 0 bridgehead atoms. The van der Waals surface area contributed by atoms with Crippen molar-refractivity contribution in [1.29, 1.82) is 0 Å². The van der Waals surface area contributed by atoms with Crippen LogP contribution in [0.3, 0.4) is 0 Å². The molecule has 0 saturated heterocycles. The summed E-state index contributed by atoms with van der Waals surface area (Å²) in [6, 6.07) is 7.43. The van der Waals surface area contributed by atoms with Gasteiger partial charge in [0.2, 0.25) is 5.91 Å². The molecule has 3 nitrogen and oxygen atoms in total. The summed E-state index contributed by atoms with van der Waals surface area (Å²) in [7, 11) is 3.44. The minimum Gasteiger partial charge on any atom is -0.347 e. The highest BCUT2D eigenvalue weighted by Gasteiger charge is 2.20. The maximum absolute atomic E-state index is 11.8. The molecule has 0 fully saturated rings. The molecule has 16 heavy (non-hydrogen) atoms. The van der Waals surface area contributed by atoms with Crippen LogP contribution < -0.4 is 5.73 Å². The third-order valence-corrected chi connectivity index (χ3v) is 3.53. The Hall–Kier alpha value is -1.39. The summed E-state index contributed by atoms with van der Waals surface area (Å²) < 4.78 is 1.17. The van der Waals surface area contributed by atoms with E-state index in [1.807, 2.05) is 29.6 Å². The minimum absolute atomic E-state index is 0.0662. The van der Waals surface area contributed by atoms with Crippen molar-refractivity contribution in [2.75, 3.05) is 14.1 Å². The first kappa shape index (κ1) is 11.1. The van der Waals surface area contributed by atoms with Gasteiger partial charge in [0.05, 0.1) is 0 Å². The fraction of sp³-hybridized carbons (Fsp3) is 0.250. The lowest BCUT2D eigenvalue weighted by Crippen LogP contribution is -2.32. The zero-order chi connectivity index (χ0) is 11.7. The number of carbonyl (C=O) groups excluding carboxylic acids is 1. The van der Waals surface area contributed by atoms with Gasteiger partial charge in [0.1, 0.15) is 6.04 Å². The minimum atomic E-state index is -0.564. The predicted octanol–water partition coefficient (Wildman–Crippen LogP) is 1.99. The van der Waals surface area contributed by atoms with Crippen LogP contribution in [0.15, 0.2) is 29.6 Å². The van der Waals surface area contributed by atoms with Crippen molar-refractivity contribution in [1.82, 2.24) is 4.90 Å². The Morgan fingerprint density at radius 1 is 1.38 bits per heavy atom. The molecule has 2 rings (SSSR count). The van der Waals surface area contributed by atoms with E-state index in [0.717, 1.165) is 10.9 Å². The van der Waals surface area contributed by atoms with Gasteiger partial charge in [0.15, 0.2) is 0 Å². The van der Waals surface area contributed by atoms with Crippen molar-refractivity contribution in [3.8, 4) is 0 Å². The summed E-state index contributed by atoms with van der Waals surface area (Å²) in [5, 5.41) is 3.05. The van der Waals surface area contributed by atoms with Crippen molar-refractivity contribution < 1.29 is 4.79 Å². The largest absolute Gasteiger partial charge is 0.347 e. The number of thiophene rings is 1. The molecule has 84 valence electrons. The zero-order valence-corrected chi connectivity index (χ0v) is 10.1. The van der Waals surface area contributed by atoms with E-state index in [1.54, 1.807) is 25.4 Å². The molecule has 1 amide bonds. The molecule has 1 atom stereocenters. The number of fused-ring (bicyclic) bond motifs is 1. The second-order valence-corrected chi connectivity index (χ2v) is 4.81. The highest BCUT2D eigenvalue weighted by molar-refractivity contribution is 7.17. The summed E-state index contributed by atoms with van der Waals surface area (Å²) >= 11 is 1.62. The van der Waals surface area contributed by atoms with Crippen LogP contribution in [0.1, 0.15) is 11.6 Å². The Labute approximate surface area is 98.5 Å². The van der Waals surface area contributed by atoms with Gasteiger partial charge in [0, 0.05) is 18.8 Å². The van der Waals surface area contributed by atoms with Gasteiger partial charge < -0.3 is 10.6 Å². The molecule has 0 aliphatic heterocycles. The van der Waals surface area contributed by atoms with Crippen LogP contribution in [0.5, 0.6) is 0 Å². The van der Waals surface area contributed by atoms with Crippen LogP contribution in [0.2, 0.25) is 0 Å². The Balaban J connectivity index is 2.44. The average Bonchev–Trinajstić information content (AvgIpc) is 2.70. The van der Waals surface area contributed by atoms with E-state index in [4.69, 9.17) is 5.73 Å². The van der Waals surface area contributed by atoms with Crippen molar-refractivity contribution in [2.45, 2.75) is 6.04 Å². The first-order valence-electron chi connectivity index (χ1n) is 5.04. The lowest BCUT2D eigenvalue weighted by molar-refractivity contribution is -0.130. The molecular formula is C12H14N2OS. The maximum Gasteiger partial charge on any atom is 0.243 e. The van der Waals surface area contributed by atoms with E-state index in [2.05, 4.69) is 0 Å². The summed E-state index contributed by atoms with van der Waals surface area (Å²) in [5.74, 6) is -0.0662. The van der Waals surface area contributed by atoms with Gasteiger partial charge in [-0.2, -0.15) is 0 Å². The molecule has 1 heterocycles.